The first-order valence-corrected chi connectivity index (χ1v) is 17.6. The number of carbonyl (C=O) groups excluding carboxylic acids is 3. The molecule has 12 heteroatoms. The Bertz CT molecular complexity index is 2850. The topological polar surface area (TPSA) is 160 Å². The average Bonchev–Trinajstić information content (AvgIpc) is 3.67. The summed E-state index contributed by atoms with van der Waals surface area (Å²) in [6.07, 6.45) is 7.75. The number of rotatable bonds is 6. The predicted molar refractivity (Wildman–Crippen MR) is 206 cm³/mol. The molecule has 1 fully saturated rings. The number of aryl methyl sites for hydroxylation is 2. The zero-order valence-electron chi connectivity index (χ0n) is 30.2. The summed E-state index contributed by atoms with van der Waals surface area (Å²) in [5.41, 5.74) is 14.7. The van der Waals surface area contributed by atoms with Gasteiger partial charge in [-0.25, -0.2) is 4.79 Å². The lowest BCUT2D eigenvalue weighted by Crippen LogP contribution is -2.41. The number of benzene rings is 2. The number of aromatic nitrogens is 6. The van der Waals surface area contributed by atoms with Crippen molar-refractivity contribution in [2.75, 3.05) is 0 Å². The number of imidazole rings is 1. The molecule has 1 aliphatic rings. The highest BCUT2D eigenvalue weighted by atomic mass is 16.2. The highest BCUT2D eigenvalue weighted by Crippen LogP contribution is 2.36. The Kier molecular flexibility index (Phi) is 8.41. The van der Waals surface area contributed by atoms with Crippen LogP contribution in [0.1, 0.15) is 65.8 Å². The zero-order valence-corrected chi connectivity index (χ0v) is 30.2. The van der Waals surface area contributed by atoms with E-state index in [4.69, 9.17) is 10.7 Å². The first-order valence-electron chi connectivity index (χ1n) is 17.6. The second kappa shape index (κ2) is 13.3. The van der Waals surface area contributed by atoms with E-state index in [1.54, 1.807) is 34.8 Å². The van der Waals surface area contributed by atoms with Crippen LogP contribution in [0, 0.1) is 11.8 Å². The minimum atomic E-state index is -0.659. The van der Waals surface area contributed by atoms with E-state index in [-0.39, 0.29) is 42.0 Å². The highest BCUT2D eigenvalue weighted by molar-refractivity contribution is 6.01. The first kappa shape index (κ1) is 34.2. The molecule has 1 aliphatic heterocycles. The Morgan fingerprint density at radius 1 is 0.944 bits per heavy atom. The number of piperidine rings is 1. The second-order valence-corrected chi connectivity index (χ2v) is 14.0. The smallest absolute Gasteiger partial charge is 0.328 e. The minimum Gasteiger partial charge on any atom is -0.364 e. The number of imide groups is 1. The molecule has 6 heterocycles. The molecule has 8 rings (SSSR count). The number of hydrogen-bond donors (Lipinski definition) is 2. The molecule has 3 N–H and O–H groups in total. The molecule has 7 aromatic rings. The lowest BCUT2D eigenvalue weighted by Gasteiger charge is -2.23. The van der Waals surface area contributed by atoms with Crippen molar-refractivity contribution in [1.29, 1.82) is 0 Å². The van der Waals surface area contributed by atoms with Gasteiger partial charge in [-0.1, -0.05) is 43.9 Å². The Morgan fingerprint density at radius 2 is 1.78 bits per heavy atom. The van der Waals surface area contributed by atoms with Gasteiger partial charge in [0.1, 0.15) is 11.7 Å². The van der Waals surface area contributed by atoms with Crippen LogP contribution in [0.25, 0.3) is 55.2 Å². The Morgan fingerprint density at radius 3 is 2.56 bits per heavy atom. The number of nitrogens with two attached hydrogens (primary N) is 1. The van der Waals surface area contributed by atoms with Gasteiger partial charge in [0.05, 0.1) is 27.8 Å². The molecule has 0 bridgehead atoms. The molecule has 268 valence electrons. The van der Waals surface area contributed by atoms with Crippen LogP contribution in [0.5, 0.6) is 0 Å². The molecule has 0 saturated carbocycles. The molecule has 1 unspecified atom stereocenters. The molecule has 3 amide bonds. The maximum Gasteiger partial charge on any atom is 0.328 e. The van der Waals surface area contributed by atoms with Crippen LogP contribution in [0.2, 0.25) is 0 Å². The van der Waals surface area contributed by atoms with Gasteiger partial charge < -0.3 is 10.3 Å². The fraction of sp³-hybridized carbons (Fsp3) is 0.214. The van der Waals surface area contributed by atoms with Crippen molar-refractivity contribution in [3.63, 3.8) is 0 Å². The van der Waals surface area contributed by atoms with E-state index in [2.05, 4.69) is 59.2 Å². The van der Waals surface area contributed by atoms with Crippen molar-refractivity contribution in [3.8, 4) is 34.2 Å². The third-order valence-electron chi connectivity index (χ3n) is 10.2. The van der Waals surface area contributed by atoms with Crippen molar-refractivity contribution >= 4 is 50.6 Å². The third-order valence-corrected chi connectivity index (χ3v) is 10.2. The molecule has 0 radical (unpaired) electrons. The number of fused-ring (bicyclic) bond motifs is 3. The van der Waals surface area contributed by atoms with Crippen LogP contribution in [0.4, 0.5) is 0 Å². The number of pyridine rings is 3. The normalized spacial score (nSPS) is 14.5. The van der Waals surface area contributed by atoms with Gasteiger partial charge in [0, 0.05) is 68.2 Å². The van der Waals surface area contributed by atoms with Crippen LogP contribution < -0.4 is 16.7 Å². The Labute approximate surface area is 309 Å². The van der Waals surface area contributed by atoms with Gasteiger partial charge in [-0.2, -0.15) is 0 Å². The monoisotopic (exact) mass is 716 g/mol. The zero-order chi connectivity index (χ0) is 37.8. The van der Waals surface area contributed by atoms with Crippen molar-refractivity contribution in [2.45, 2.75) is 45.1 Å². The lowest BCUT2D eigenvalue weighted by molar-refractivity contribution is -0.135. The molecule has 0 aliphatic carbocycles. The fourth-order valence-electron chi connectivity index (χ4n) is 7.43. The number of hydrogen-bond acceptors (Lipinski definition) is 7. The lowest BCUT2D eigenvalue weighted by atomic mass is 9.93. The van der Waals surface area contributed by atoms with Gasteiger partial charge in [0.25, 0.3) is 5.91 Å². The van der Waals surface area contributed by atoms with E-state index in [9.17, 15) is 19.2 Å². The maximum atomic E-state index is 12.9. The van der Waals surface area contributed by atoms with E-state index in [0.29, 0.717) is 34.3 Å². The van der Waals surface area contributed by atoms with Crippen molar-refractivity contribution in [3.05, 3.63) is 112 Å². The molecular weight excluding hydrogens is 681 g/mol. The quantitative estimate of drug-likeness (QED) is 0.175. The van der Waals surface area contributed by atoms with Crippen molar-refractivity contribution in [2.24, 2.45) is 19.8 Å². The number of carbonyl (C=O) groups is 3. The first-order chi connectivity index (χ1) is 26.0. The molecule has 1 atom stereocenters. The maximum absolute atomic E-state index is 12.9. The highest BCUT2D eigenvalue weighted by Gasteiger charge is 2.28. The molecule has 54 heavy (non-hydrogen) atoms. The van der Waals surface area contributed by atoms with E-state index in [1.165, 1.54) is 0 Å². The Hall–Kier alpha value is -6.87. The molecule has 5 aromatic heterocycles. The van der Waals surface area contributed by atoms with Gasteiger partial charge in [0.2, 0.25) is 11.8 Å². The number of primary amides is 1. The van der Waals surface area contributed by atoms with Crippen LogP contribution >= 0.6 is 0 Å². The average molecular weight is 717 g/mol. The summed E-state index contributed by atoms with van der Waals surface area (Å²) in [7, 11) is 3.61. The van der Waals surface area contributed by atoms with Gasteiger partial charge >= 0.3 is 5.69 Å². The summed E-state index contributed by atoms with van der Waals surface area (Å²) in [6.45, 7) is 4.26. The van der Waals surface area contributed by atoms with Crippen LogP contribution in [0.3, 0.4) is 0 Å². The van der Waals surface area contributed by atoms with E-state index in [1.807, 2.05) is 54.2 Å². The number of nitrogens with one attached hydrogen (secondary N) is 1. The summed E-state index contributed by atoms with van der Waals surface area (Å²) < 4.78 is 5.22. The summed E-state index contributed by atoms with van der Waals surface area (Å²) in [5, 5.41) is 4.33. The standard InChI is InChI=1S/C42H36N8O4/c1-23(2)30-17-27(19-36-39(30)49(4)42(54)48(36)3)29-10-6-8-25-18-33(45-22-31(25)29)28-16-26(38(40(43)52)46-21-28)9-5-7-24-15-35-32(44-20-24)13-14-50(35)34-11-12-37(51)47-41(34)53/h6,8,10,13-23,34H,9,11-12H2,1-4H3,(H2,43,52)(H,47,51,53). The largest absolute Gasteiger partial charge is 0.364 e. The predicted octanol–water partition coefficient (Wildman–Crippen LogP) is 5.30. The third kappa shape index (κ3) is 5.89. The molecule has 1 saturated heterocycles. The summed E-state index contributed by atoms with van der Waals surface area (Å²) in [6, 6.07) is 17.3. The molecule has 2 aromatic carbocycles. The molecule has 12 nitrogen and oxygen atoms in total. The van der Waals surface area contributed by atoms with E-state index >= 15 is 0 Å². The van der Waals surface area contributed by atoms with Crippen LogP contribution in [-0.4, -0.2) is 46.4 Å². The molecule has 0 spiro atoms. The Balaban J connectivity index is 1.11. The summed E-state index contributed by atoms with van der Waals surface area (Å²) in [4.78, 5) is 63.3. The van der Waals surface area contributed by atoms with Gasteiger partial charge in [-0.05, 0) is 76.4 Å². The summed E-state index contributed by atoms with van der Waals surface area (Å²) in [5.74, 6) is 5.19. The van der Waals surface area contributed by atoms with Gasteiger partial charge in [-0.3, -0.25) is 43.8 Å². The SMILES string of the molecule is CC(C)c1cc(-c2cccc3cc(-c4cnc(C(N)=O)c(CC#Cc5cnc6ccn(C7CCC(=O)NC7=O)c6c5)c4)ncc23)cc2c1n(C)c(=O)n2C. The van der Waals surface area contributed by atoms with Gasteiger partial charge in [0.15, 0.2) is 0 Å². The number of amides is 3. The number of nitrogens with zero attached hydrogens (tertiary/aromatic N) is 6. The fourth-order valence-corrected chi connectivity index (χ4v) is 7.43. The minimum absolute atomic E-state index is 0.0641. The van der Waals surface area contributed by atoms with Crippen molar-refractivity contribution < 1.29 is 14.4 Å². The molecular formula is C42H36N8O4. The van der Waals surface area contributed by atoms with Crippen LogP contribution in [-0.2, 0) is 30.1 Å². The van der Waals surface area contributed by atoms with E-state index in [0.717, 1.165) is 44.0 Å². The van der Waals surface area contributed by atoms with Crippen LogP contribution in [0.15, 0.2) is 84.2 Å². The van der Waals surface area contributed by atoms with E-state index < -0.39 is 11.9 Å². The van der Waals surface area contributed by atoms with Gasteiger partial charge in [-0.15, -0.1) is 0 Å². The second-order valence-electron chi connectivity index (χ2n) is 14.0. The van der Waals surface area contributed by atoms with Crippen molar-refractivity contribution in [1.82, 2.24) is 34.0 Å². The summed E-state index contributed by atoms with van der Waals surface area (Å²) >= 11 is 0.